The Morgan fingerprint density at radius 2 is 1.85 bits per heavy atom. The minimum atomic E-state index is -0.108. The number of hydrogen-bond donors (Lipinski definition) is 0. The summed E-state index contributed by atoms with van der Waals surface area (Å²) in [6.45, 7) is 2.73. The average molecular weight is 315 g/mol. The van der Waals surface area contributed by atoms with Gasteiger partial charge in [0.05, 0.1) is 12.4 Å². The van der Waals surface area contributed by atoms with E-state index in [9.17, 15) is 4.79 Å². The van der Waals surface area contributed by atoms with Crippen molar-refractivity contribution in [2.24, 2.45) is 0 Å². The second-order valence-corrected chi connectivity index (χ2v) is 5.98. The molecule has 1 aromatic carbocycles. The zero-order valence-electron chi connectivity index (χ0n) is 12.1. The van der Waals surface area contributed by atoms with Crippen LogP contribution in [-0.4, -0.2) is 18.3 Å². The second kappa shape index (κ2) is 11.0. The molecule has 0 amide bonds. The monoisotopic (exact) mass is 314 g/mol. The molecule has 1 aromatic rings. The molecule has 20 heavy (non-hydrogen) atoms. The summed E-state index contributed by atoms with van der Waals surface area (Å²) in [5.41, 5.74) is 2.33. The van der Waals surface area contributed by atoms with Crippen molar-refractivity contribution in [3.8, 4) is 0 Å². The van der Waals surface area contributed by atoms with Gasteiger partial charge in [0.15, 0.2) is 0 Å². The summed E-state index contributed by atoms with van der Waals surface area (Å²) in [5, 5.41) is 0. The largest absolute Gasteiger partial charge is 0.465 e. The third-order valence-corrected chi connectivity index (χ3v) is 4.21. The fraction of sp³-hybridized carbons (Fsp3) is 0.562. The minimum absolute atomic E-state index is 0.108. The Morgan fingerprint density at radius 3 is 2.50 bits per heavy atom. The lowest BCUT2D eigenvalue weighted by Gasteiger charge is -2.05. The molecule has 0 aromatic heterocycles. The molecule has 0 saturated carbocycles. The Balaban J connectivity index is 2.08. The van der Waals surface area contributed by atoms with E-state index < -0.39 is 0 Å². The van der Waals surface area contributed by atoms with Gasteiger partial charge < -0.3 is 4.74 Å². The van der Waals surface area contributed by atoms with Crippen molar-refractivity contribution in [1.29, 1.82) is 0 Å². The summed E-state index contributed by atoms with van der Waals surface area (Å²) in [4.78, 5) is 11.5. The first kappa shape index (κ1) is 17.4. The van der Waals surface area contributed by atoms with Crippen molar-refractivity contribution in [3.63, 3.8) is 0 Å². The fourth-order valence-corrected chi connectivity index (χ4v) is 2.69. The van der Waals surface area contributed by atoms with Gasteiger partial charge in [-0.05, 0) is 17.5 Å². The van der Waals surface area contributed by atoms with E-state index in [0.29, 0.717) is 18.2 Å². The number of ether oxygens (including phenoxy) is 1. The van der Waals surface area contributed by atoms with Crippen LogP contribution < -0.4 is 0 Å². The van der Waals surface area contributed by atoms with Gasteiger partial charge in [0.1, 0.15) is 0 Å². The Kier molecular flexibility index (Phi) is 9.60. The highest BCUT2D eigenvalue weighted by atomic mass is 35.5. The molecule has 2 nitrogen and oxygen atoms in total. The maximum atomic E-state index is 11.5. The second-order valence-electron chi connectivity index (χ2n) is 4.72. The molecule has 0 bridgehead atoms. The van der Waals surface area contributed by atoms with Gasteiger partial charge in [-0.1, -0.05) is 50.5 Å². The summed E-state index contributed by atoms with van der Waals surface area (Å²) in [6, 6.07) is 8.16. The van der Waals surface area contributed by atoms with Crippen LogP contribution in [-0.2, 0) is 21.2 Å². The minimum Gasteiger partial charge on any atom is -0.465 e. The highest BCUT2D eigenvalue weighted by molar-refractivity contribution is 7.99. The van der Waals surface area contributed by atoms with Gasteiger partial charge in [0.25, 0.3) is 0 Å². The van der Waals surface area contributed by atoms with Crippen LogP contribution in [0.3, 0.4) is 0 Å². The van der Waals surface area contributed by atoms with Crippen molar-refractivity contribution < 1.29 is 9.53 Å². The predicted molar refractivity (Wildman–Crippen MR) is 87.3 cm³/mol. The number of hydrogen-bond acceptors (Lipinski definition) is 3. The van der Waals surface area contributed by atoms with Crippen LogP contribution in [0.15, 0.2) is 24.3 Å². The average Bonchev–Trinajstić information content (AvgIpc) is 2.48. The van der Waals surface area contributed by atoms with Crippen LogP contribution in [0.5, 0.6) is 0 Å². The maximum absolute atomic E-state index is 11.5. The Labute approximate surface area is 131 Å². The van der Waals surface area contributed by atoms with Gasteiger partial charge in [-0.3, -0.25) is 4.79 Å². The van der Waals surface area contributed by atoms with E-state index in [1.807, 2.05) is 12.1 Å². The van der Waals surface area contributed by atoms with Crippen LogP contribution in [0.2, 0.25) is 0 Å². The molecule has 0 aliphatic heterocycles. The van der Waals surface area contributed by atoms with E-state index in [1.165, 1.54) is 18.4 Å². The van der Waals surface area contributed by atoms with Gasteiger partial charge in [-0.25, -0.2) is 0 Å². The number of unbranched alkanes of at least 4 members (excludes halogenated alkanes) is 3. The van der Waals surface area contributed by atoms with Crippen molar-refractivity contribution in [2.45, 2.75) is 44.2 Å². The summed E-state index contributed by atoms with van der Waals surface area (Å²) in [6.07, 6.45) is 4.53. The molecular formula is C16H23ClO2S. The standard InChI is InChI=1S/C16H23ClO2S/c1-2-3-4-5-10-19-16(18)13-20-12-15-8-6-14(11-17)7-9-15/h6-9H,2-5,10-13H2,1H3. The molecule has 0 radical (unpaired) electrons. The zero-order valence-corrected chi connectivity index (χ0v) is 13.6. The van der Waals surface area contributed by atoms with E-state index in [4.69, 9.17) is 16.3 Å². The number of benzene rings is 1. The van der Waals surface area contributed by atoms with Gasteiger partial charge >= 0.3 is 5.97 Å². The summed E-state index contributed by atoms with van der Waals surface area (Å²) in [7, 11) is 0. The van der Waals surface area contributed by atoms with Crippen LogP contribution in [0.4, 0.5) is 0 Å². The van der Waals surface area contributed by atoms with E-state index in [0.717, 1.165) is 24.2 Å². The van der Waals surface area contributed by atoms with Gasteiger partial charge in [0, 0.05) is 11.6 Å². The normalized spacial score (nSPS) is 10.5. The molecule has 0 aliphatic rings. The fourth-order valence-electron chi connectivity index (χ4n) is 1.73. The number of thioether (sulfide) groups is 1. The lowest BCUT2D eigenvalue weighted by Crippen LogP contribution is -2.08. The van der Waals surface area contributed by atoms with Crippen LogP contribution in [0.1, 0.15) is 43.7 Å². The zero-order chi connectivity index (χ0) is 14.6. The molecule has 1 rings (SSSR count). The lowest BCUT2D eigenvalue weighted by molar-refractivity contribution is -0.140. The quantitative estimate of drug-likeness (QED) is 0.353. The third-order valence-electron chi connectivity index (χ3n) is 2.93. The molecule has 4 heteroatoms. The van der Waals surface area contributed by atoms with Crippen LogP contribution >= 0.6 is 23.4 Å². The molecule has 0 aliphatic carbocycles. The highest BCUT2D eigenvalue weighted by Crippen LogP contribution is 2.14. The van der Waals surface area contributed by atoms with Crippen molar-refractivity contribution in [1.82, 2.24) is 0 Å². The topological polar surface area (TPSA) is 26.3 Å². The molecule has 0 N–H and O–H groups in total. The smallest absolute Gasteiger partial charge is 0.315 e. The number of alkyl halides is 1. The molecule has 0 saturated heterocycles. The van der Waals surface area contributed by atoms with Gasteiger partial charge in [0.2, 0.25) is 0 Å². The Bertz CT molecular complexity index is 379. The SMILES string of the molecule is CCCCCCOC(=O)CSCc1ccc(CCl)cc1. The molecule has 0 spiro atoms. The van der Waals surface area contributed by atoms with E-state index in [1.54, 1.807) is 11.8 Å². The third kappa shape index (κ3) is 7.81. The van der Waals surface area contributed by atoms with Gasteiger partial charge in [-0.2, -0.15) is 0 Å². The number of rotatable bonds is 10. The lowest BCUT2D eigenvalue weighted by atomic mass is 10.2. The number of esters is 1. The number of carbonyl (C=O) groups excluding carboxylic acids is 1. The van der Waals surface area contributed by atoms with E-state index >= 15 is 0 Å². The van der Waals surface area contributed by atoms with E-state index in [-0.39, 0.29) is 5.97 Å². The Hall–Kier alpha value is -0.670. The number of halogens is 1. The van der Waals surface area contributed by atoms with Crippen molar-refractivity contribution in [2.75, 3.05) is 12.4 Å². The first-order valence-corrected chi connectivity index (χ1v) is 8.82. The first-order chi connectivity index (χ1) is 9.76. The molecule has 112 valence electrons. The summed E-state index contributed by atoms with van der Waals surface area (Å²) < 4.78 is 5.19. The highest BCUT2D eigenvalue weighted by Gasteiger charge is 2.03. The molecule has 0 unspecified atom stereocenters. The van der Waals surface area contributed by atoms with Crippen LogP contribution in [0, 0.1) is 0 Å². The summed E-state index contributed by atoms with van der Waals surface area (Å²) in [5.74, 6) is 1.68. The summed E-state index contributed by atoms with van der Waals surface area (Å²) >= 11 is 7.33. The van der Waals surface area contributed by atoms with Crippen molar-refractivity contribution in [3.05, 3.63) is 35.4 Å². The van der Waals surface area contributed by atoms with Gasteiger partial charge in [-0.15, -0.1) is 23.4 Å². The van der Waals surface area contributed by atoms with Crippen LogP contribution in [0.25, 0.3) is 0 Å². The molecular weight excluding hydrogens is 292 g/mol. The molecule has 0 fully saturated rings. The number of carbonyl (C=O) groups is 1. The maximum Gasteiger partial charge on any atom is 0.315 e. The molecule has 0 atom stereocenters. The molecule has 0 heterocycles. The predicted octanol–water partition coefficient (Wildman–Crippen LogP) is 4.78. The Morgan fingerprint density at radius 1 is 1.15 bits per heavy atom. The van der Waals surface area contributed by atoms with Crippen molar-refractivity contribution >= 4 is 29.3 Å². The first-order valence-electron chi connectivity index (χ1n) is 7.13. The van der Waals surface area contributed by atoms with E-state index in [2.05, 4.69) is 19.1 Å².